The summed E-state index contributed by atoms with van der Waals surface area (Å²) in [5.41, 5.74) is 0. The molecule has 2 fully saturated rings. The summed E-state index contributed by atoms with van der Waals surface area (Å²) in [4.78, 5) is 37.9. The Morgan fingerprint density at radius 3 is 2.82 bits per heavy atom. The quantitative estimate of drug-likeness (QED) is 0.655. The fourth-order valence-corrected chi connectivity index (χ4v) is 3.98. The van der Waals surface area contributed by atoms with Crippen molar-refractivity contribution in [3.05, 3.63) is 18.5 Å². The molecule has 154 valence electrons. The number of urea groups is 1. The molecule has 0 aromatic carbocycles. The van der Waals surface area contributed by atoms with Crippen LogP contribution in [0.25, 0.3) is 0 Å². The van der Waals surface area contributed by atoms with Crippen molar-refractivity contribution in [2.75, 3.05) is 20.1 Å². The van der Waals surface area contributed by atoms with E-state index >= 15 is 0 Å². The summed E-state index contributed by atoms with van der Waals surface area (Å²) in [5, 5.41) is 12.0. The largest absolute Gasteiger partial charge is 0.354 e. The summed E-state index contributed by atoms with van der Waals surface area (Å²) < 4.78 is 15.0. The molecule has 1 aromatic heterocycles. The number of likely N-dealkylation sites (tertiary alicyclic amines) is 1. The number of halogens is 1. The molecule has 4 atom stereocenters. The molecule has 1 unspecified atom stereocenters. The molecule has 1 aliphatic heterocycles. The molecule has 0 spiro atoms. The molecule has 10 heteroatoms. The Labute approximate surface area is 163 Å². The van der Waals surface area contributed by atoms with E-state index in [2.05, 4.69) is 21.0 Å². The van der Waals surface area contributed by atoms with Crippen LogP contribution >= 0.6 is 0 Å². The molecule has 1 aromatic rings. The van der Waals surface area contributed by atoms with E-state index in [4.69, 9.17) is 0 Å². The van der Waals surface area contributed by atoms with Gasteiger partial charge in [-0.05, 0) is 44.1 Å². The Morgan fingerprint density at radius 1 is 1.29 bits per heavy atom. The van der Waals surface area contributed by atoms with Crippen LogP contribution in [0.3, 0.4) is 0 Å². The van der Waals surface area contributed by atoms with Crippen LogP contribution in [0.15, 0.2) is 18.5 Å². The van der Waals surface area contributed by atoms with Crippen molar-refractivity contribution in [3.63, 3.8) is 0 Å². The lowest BCUT2D eigenvalue weighted by molar-refractivity contribution is -0.130. The van der Waals surface area contributed by atoms with Gasteiger partial charge in [0.2, 0.25) is 5.91 Å². The van der Waals surface area contributed by atoms with Gasteiger partial charge in [-0.25, -0.2) is 13.9 Å². The molecule has 28 heavy (non-hydrogen) atoms. The number of rotatable bonds is 6. The molecule has 0 radical (unpaired) electrons. The topological polar surface area (TPSA) is 108 Å². The second-order valence-corrected chi connectivity index (χ2v) is 7.36. The van der Waals surface area contributed by atoms with E-state index in [0.717, 1.165) is 23.9 Å². The van der Waals surface area contributed by atoms with Gasteiger partial charge in [0.05, 0.1) is 0 Å². The van der Waals surface area contributed by atoms with Crippen LogP contribution in [0.4, 0.5) is 9.18 Å². The number of amides is 4. The average molecular weight is 394 g/mol. The Balaban J connectivity index is 1.41. The van der Waals surface area contributed by atoms with Crippen molar-refractivity contribution in [2.24, 2.45) is 5.92 Å². The maximum Gasteiger partial charge on any atom is 0.317 e. The molecule has 9 nitrogen and oxygen atoms in total. The Bertz CT molecular complexity index is 698. The standard InChI is InChI=1S/C18H27FN6O3/c1-20-18(28)24-8-2-4-14(24)16(26)21-11-12-5-6-13(10-12)23-17(27)15(19)25-9-3-7-22-25/h3,7,9,12-15H,2,4-6,8,10-11H2,1H3,(H,20,28)(H,21,26)(H,23,27)/t12-,13+,14-,15?/m0/s1. The van der Waals surface area contributed by atoms with Crippen molar-refractivity contribution in [1.29, 1.82) is 0 Å². The van der Waals surface area contributed by atoms with Gasteiger partial charge in [0, 0.05) is 38.6 Å². The summed E-state index contributed by atoms with van der Waals surface area (Å²) in [6, 6.07) is 0.776. The highest BCUT2D eigenvalue weighted by atomic mass is 19.1. The van der Waals surface area contributed by atoms with Gasteiger partial charge in [-0.1, -0.05) is 0 Å². The van der Waals surface area contributed by atoms with Gasteiger partial charge in [0.15, 0.2) is 0 Å². The van der Waals surface area contributed by atoms with Crippen LogP contribution in [-0.4, -0.2) is 64.7 Å². The van der Waals surface area contributed by atoms with E-state index in [1.54, 1.807) is 18.0 Å². The van der Waals surface area contributed by atoms with E-state index in [1.807, 2.05) is 0 Å². The number of nitrogens with one attached hydrogen (secondary N) is 3. The number of alkyl halides is 1. The van der Waals surface area contributed by atoms with Crippen LogP contribution in [0.1, 0.15) is 38.4 Å². The summed E-state index contributed by atoms with van der Waals surface area (Å²) in [7, 11) is 1.55. The molecule has 2 heterocycles. The zero-order chi connectivity index (χ0) is 20.1. The van der Waals surface area contributed by atoms with Gasteiger partial charge < -0.3 is 20.9 Å². The number of hydrogen-bond acceptors (Lipinski definition) is 4. The zero-order valence-corrected chi connectivity index (χ0v) is 15.9. The Hall–Kier alpha value is -2.65. The Morgan fingerprint density at radius 2 is 2.11 bits per heavy atom. The van der Waals surface area contributed by atoms with Crippen LogP contribution < -0.4 is 16.0 Å². The van der Waals surface area contributed by atoms with Crippen LogP contribution in [0.2, 0.25) is 0 Å². The predicted octanol–water partition coefficient (Wildman–Crippen LogP) is 0.556. The second-order valence-electron chi connectivity index (χ2n) is 7.36. The number of carbonyl (C=O) groups is 3. The third kappa shape index (κ3) is 4.60. The Kier molecular flexibility index (Phi) is 6.48. The third-order valence-corrected chi connectivity index (χ3v) is 5.46. The first-order valence-electron chi connectivity index (χ1n) is 9.69. The van der Waals surface area contributed by atoms with E-state index in [1.165, 1.54) is 12.4 Å². The van der Waals surface area contributed by atoms with E-state index < -0.39 is 18.2 Å². The van der Waals surface area contributed by atoms with Gasteiger partial charge >= 0.3 is 6.03 Å². The van der Waals surface area contributed by atoms with E-state index in [9.17, 15) is 18.8 Å². The minimum absolute atomic E-state index is 0.114. The normalized spacial score (nSPS) is 25.4. The van der Waals surface area contributed by atoms with Gasteiger partial charge in [-0.15, -0.1) is 0 Å². The molecule has 3 N–H and O–H groups in total. The highest BCUT2D eigenvalue weighted by Gasteiger charge is 2.34. The minimum Gasteiger partial charge on any atom is -0.354 e. The summed E-state index contributed by atoms with van der Waals surface area (Å²) in [5.74, 6) is -0.631. The summed E-state index contributed by atoms with van der Waals surface area (Å²) in [6.45, 7) is 1.07. The molecule has 4 amide bonds. The van der Waals surface area contributed by atoms with Crippen LogP contribution in [-0.2, 0) is 9.59 Å². The molecule has 3 rings (SSSR count). The summed E-state index contributed by atoms with van der Waals surface area (Å²) in [6.07, 6.45) is 4.72. The predicted molar refractivity (Wildman–Crippen MR) is 98.8 cm³/mol. The van der Waals surface area contributed by atoms with Crippen LogP contribution in [0.5, 0.6) is 0 Å². The maximum absolute atomic E-state index is 14.1. The SMILES string of the molecule is CNC(=O)N1CCC[C@H]1C(=O)NC[C@H]1CC[C@@H](NC(=O)C(F)n2cccn2)C1. The first kappa shape index (κ1) is 20.1. The molecular formula is C18H27FN6O3. The minimum atomic E-state index is -1.84. The fourth-order valence-electron chi connectivity index (χ4n) is 3.98. The molecule has 1 saturated heterocycles. The first-order chi connectivity index (χ1) is 13.5. The molecule has 0 bridgehead atoms. The lowest BCUT2D eigenvalue weighted by Crippen LogP contribution is -2.49. The smallest absolute Gasteiger partial charge is 0.317 e. The van der Waals surface area contributed by atoms with Crippen molar-refractivity contribution in [2.45, 2.75) is 50.5 Å². The number of carbonyl (C=O) groups excluding carboxylic acids is 3. The number of hydrogen-bond donors (Lipinski definition) is 3. The van der Waals surface area contributed by atoms with Crippen molar-refractivity contribution < 1.29 is 18.8 Å². The maximum atomic E-state index is 14.1. The second kappa shape index (κ2) is 9.03. The average Bonchev–Trinajstić information content (AvgIpc) is 3.46. The van der Waals surface area contributed by atoms with Crippen molar-refractivity contribution in [1.82, 2.24) is 30.6 Å². The highest BCUT2D eigenvalue weighted by Crippen LogP contribution is 2.26. The zero-order valence-electron chi connectivity index (χ0n) is 15.9. The van der Waals surface area contributed by atoms with Gasteiger partial charge in [-0.3, -0.25) is 9.59 Å². The van der Waals surface area contributed by atoms with Gasteiger partial charge in [0.25, 0.3) is 12.2 Å². The molecular weight excluding hydrogens is 367 g/mol. The lowest BCUT2D eigenvalue weighted by Gasteiger charge is -2.24. The van der Waals surface area contributed by atoms with Gasteiger partial charge in [0.1, 0.15) is 6.04 Å². The first-order valence-corrected chi connectivity index (χ1v) is 9.69. The van der Waals surface area contributed by atoms with Crippen LogP contribution in [0, 0.1) is 5.92 Å². The lowest BCUT2D eigenvalue weighted by atomic mass is 10.1. The van der Waals surface area contributed by atoms with E-state index in [0.29, 0.717) is 25.9 Å². The highest BCUT2D eigenvalue weighted by molar-refractivity contribution is 5.87. The summed E-state index contributed by atoms with van der Waals surface area (Å²) >= 11 is 0. The fraction of sp³-hybridized carbons (Fsp3) is 0.667. The number of aromatic nitrogens is 2. The molecule has 2 aliphatic rings. The molecule has 1 aliphatic carbocycles. The molecule has 1 saturated carbocycles. The van der Waals surface area contributed by atoms with Gasteiger partial charge in [-0.2, -0.15) is 5.10 Å². The number of nitrogens with zero attached hydrogens (tertiary/aromatic N) is 3. The van der Waals surface area contributed by atoms with E-state index in [-0.39, 0.29) is 23.9 Å². The third-order valence-electron chi connectivity index (χ3n) is 5.46. The van der Waals surface area contributed by atoms with Crippen molar-refractivity contribution >= 4 is 17.8 Å². The van der Waals surface area contributed by atoms with Crippen molar-refractivity contribution in [3.8, 4) is 0 Å². The monoisotopic (exact) mass is 394 g/mol.